The SMILES string of the molecule is Cc1ccc(COC(=O)c2ccc(/N=C/N3CCCCC3)c(C)c2C)cc1. The van der Waals surface area contributed by atoms with Crippen LogP contribution in [0.5, 0.6) is 0 Å². The summed E-state index contributed by atoms with van der Waals surface area (Å²) in [6, 6.07) is 11.7. The first-order valence-electron chi connectivity index (χ1n) is 9.65. The molecule has 2 aromatic rings. The highest BCUT2D eigenvalue weighted by Gasteiger charge is 2.14. The van der Waals surface area contributed by atoms with Gasteiger partial charge in [0.05, 0.1) is 17.6 Å². The number of hydrogen-bond acceptors (Lipinski definition) is 3. The first-order valence-corrected chi connectivity index (χ1v) is 9.65. The van der Waals surface area contributed by atoms with Crippen molar-refractivity contribution in [2.24, 2.45) is 4.99 Å². The van der Waals surface area contributed by atoms with Gasteiger partial charge in [0.2, 0.25) is 0 Å². The Morgan fingerprint density at radius 2 is 1.70 bits per heavy atom. The Hall–Kier alpha value is -2.62. The summed E-state index contributed by atoms with van der Waals surface area (Å²) in [5, 5.41) is 0. The van der Waals surface area contributed by atoms with Crippen LogP contribution in [0.25, 0.3) is 0 Å². The van der Waals surface area contributed by atoms with Crippen molar-refractivity contribution in [3.8, 4) is 0 Å². The number of hydrogen-bond donors (Lipinski definition) is 0. The number of aliphatic imine (C=N–C) groups is 1. The van der Waals surface area contributed by atoms with Crippen LogP contribution in [0.3, 0.4) is 0 Å². The number of rotatable bonds is 5. The van der Waals surface area contributed by atoms with E-state index in [9.17, 15) is 4.79 Å². The first-order chi connectivity index (χ1) is 13.0. The van der Waals surface area contributed by atoms with Crippen LogP contribution in [0.4, 0.5) is 5.69 Å². The Bertz CT molecular complexity index is 819. The van der Waals surface area contributed by atoms with E-state index >= 15 is 0 Å². The third kappa shape index (κ3) is 4.97. The lowest BCUT2D eigenvalue weighted by atomic mass is 10.0. The zero-order valence-electron chi connectivity index (χ0n) is 16.5. The van der Waals surface area contributed by atoms with Crippen molar-refractivity contribution in [3.63, 3.8) is 0 Å². The molecule has 0 spiro atoms. The summed E-state index contributed by atoms with van der Waals surface area (Å²) in [7, 11) is 0. The fourth-order valence-electron chi connectivity index (χ4n) is 3.26. The molecule has 1 saturated heterocycles. The van der Waals surface area contributed by atoms with E-state index < -0.39 is 0 Å². The maximum absolute atomic E-state index is 12.5. The zero-order valence-corrected chi connectivity index (χ0v) is 16.5. The van der Waals surface area contributed by atoms with Gasteiger partial charge in [0.1, 0.15) is 6.61 Å². The molecule has 0 radical (unpaired) electrons. The van der Waals surface area contributed by atoms with E-state index in [0.29, 0.717) is 5.56 Å². The Labute approximate surface area is 161 Å². The lowest BCUT2D eigenvalue weighted by Gasteiger charge is -2.24. The highest BCUT2D eigenvalue weighted by molar-refractivity contribution is 5.92. The fourth-order valence-corrected chi connectivity index (χ4v) is 3.26. The second-order valence-corrected chi connectivity index (χ2v) is 7.29. The smallest absolute Gasteiger partial charge is 0.338 e. The molecule has 0 aliphatic carbocycles. The van der Waals surface area contributed by atoms with Crippen LogP contribution in [0, 0.1) is 20.8 Å². The molecule has 0 atom stereocenters. The third-order valence-electron chi connectivity index (χ3n) is 5.22. The van der Waals surface area contributed by atoms with Gasteiger partial charge in [-0.3, -0.25) is 0 Å². The van der Waals surface area contributed by atoms with Crippen molar-refractivity contribution < 1.29 is 9.53 Å². The molecule has 1 heterocycles. The van der Waals surface area contributed by atoms with Gasteiger partial charge in [-0.1, -0.05) is 29.8 Å². The largest absolute Gasteiger partial charge is 0.457 e. The van der Waals surface area contributed by atoms with Crippen molar-refractivity contribution in [1.82, 2.24) is 4.90 Å². The number of benzene rings is 2. The first kappa shape index (κ1) is 19.2. The number of carbonyl (C=O) groups is 1. The molecule has 0 N–H and O–H groups in total. The van der Waals surface area contributed by atoms with E-state index in [1.54, 1.807) is 0 Å². The number of likely N-dealkylation sites (tertiary alicyclic amines) is 1. The molecule has 27 heavy (non-hydrogen) atoms. The van der Waals surface area contributed by atoms with E-state index in [1.807, 2.05) is 63.5 Å². The van der Waals surface area contributed by atoms with Gasteiger partial charge < -0.3 is 9.64 Å². The Kier molecular flexibility index (Phi) is 6.28. The second-order valence-electron chi connectivity index (χ2n) is 7.29. The number of aryl methyl sites for hydroxylation is 1. The van der Waals surface area contributed by atoms with Gasteiger partial charge in [0.15, 0.2) is 0 Å². The minimum atomic E-state index is -0.289. The van der Waals surface area contributed by atoms with Gasteiger partial charge in [-0.15, -0.1) is 0 Å². The van der Waals surface area contributed by atoms with Crippen LogP contribution in [-0.4, -0.2) is 30.3 Å². The summed E-state index contributed by atoms with van der Waals surface area (Å²) in [5.41, 5.74) is 5.65. The van der Waals surface area contributed by atoms with Crippen LogP contribution >= 0.6 is 0 Å². The summed E-state index contributed by atoms with van der Waals surface area (Å²) < 4.78 is 5.50. The minimum Gasteiger partial charge on any atom is -0.457 e. The summed E-state index contributed by atoms with van der Waals surface area (Å²) in [6.07, 6.45) is 5.71. The van der Waals surface area contributed by atoms with E-state index in [4.69, 9.17) is 4.74 Å². The molecule has 3 rings (SSSR count). The number of piperidine rings is 1. The highest BCUT2D eigenvalue weighted by Crippen LogP contribution is 2.25. The molecule has 4 heteroatoms. The monoisotopic (exact) mass is 364 g/mol. The quantitative estimate of drug-likeness (QED) is 0.420. The zero-order chi connectivity index (χ0) is 19.2. The van der Waals surface area contributed by atoms with Crippen molar-refractivity contribution in [2.45, 2.75) is 46.6 Å². The van der Waals surface area contributed by atoms with Crippen LogP contribution in [-0.2, 0) is 11.3 Å². The molecule has 0 amide bonds. The van der Waals surface area contributed by atoms with E-state index in [1.165, 1.54) is 24.8 Å². The topological polar surface area (TPSA) is 41.9 Å². The van der Waals surface area contributed by atoms with Gasteiger partial charge in [0, 0.05) is 13.1 Å². The third-order valence-corrected chi connectivity index (χ3v) is 5.22. The van der Waals surface area contributed by atoms with E-state index in [-0.39, 0.29) is 12.6 Å². The van der Waals surface area contributed by atoms with Gasteiger partial charge in [-0.2, -0.15) is 0 Å². The second kappa shape index (κ2) is 8.85. The number of ether oxygens (including phenoxy) is 1. The molecule has 1 aliphatic heterocycles. The van der Waals surface area contributed by atoms with Crippen molar-refractivity contribution >= 4 is 18.0 Å². The van der Waals surface area contributed by atoms with E-state index in [0.717, 1.165) is 35.5 Å². The summed E-state index contributed by atoms with van der Waals surface area (Å²) in [5.74, 6) is -0.289. The summed E-state index contributed by atoms with van der Waals surface area (Å²) in [6.45, 7) is 8.44. The summed E-state index contributed by atoms with van der Waals surface area (Å²) in [4.78, 5) is 19.4. The van der Waals surface area contributed by atoms with Crippen molar-refractivity contribution in [3.05, 3.63) is 64.2 Å². The standard InChI is InChI=1S/C23H28N2O2/c1-17-7-9-20(10-8-17)15-27-23(26)21-11-12-22(19(3)18(21)2)24-16-25-13-5-4-6-14-25/h7-12,16H,4-6,13-15H2,1-3H3/b24-16+. The number of esters is 1. The maximum Gasteiger partial charge on any atom is 0.338 e. The Morgan fingerprint density at radius 3 is 2.41 bits per heavy atom. The average Bonchev–Trinajstić information content (AvgIpc) is 2.69. The Morgan fingerprint density at radius 1 is 1.00 bits per heavy atom. The van der Waals surface area contributed by atoms with Crippen LogP contribution in [0.15, 0.2) is 41.4 Å². The van der Waals surface area contributed by atoms with Crippen molar-refractivity contribution in [1.29, 1.82) is 0 Å². The molecule has 0 bridgehead atoms. The molecule has 4 nitrogen and oxygen atoms in total. The highest BCUT2D eigenvalue weighted by atomic mass is 16.5. The molecule has 0 aromatic heterocycles. The molecule has 0 saturated carbocycles. The van der Waals surface area contributed by atoms with Gasteiger partial charge >= 0.3 is 5.97 Å². The van der Waals surface area contributed by atoms with Crippen LogP contribution < -0.4 is 0 Å². The molecular weight excluding hydrogens is 336 g/mol. The molecule has 0 unspecified atom stereocenters. The predicted octanol–water partition coefficient (Wildman–Crippen LogP) is 5.11. The van der Waals surface area contributed by atoms with Crippen molar-refractivity contribution in [2.75, 3.05) is 13.1 Å². The van der Waals surface area contributed by atoms with Gasteiger partial charge in [0.25, 0.3) is 0 Å². The Balaban J connectivity index is 1.67. The van der Waals surface area contributed by atoms with Crippen LogP contribution in [0.1, 0.15) is 51.9 Å². The molecule has 142 valence electrons. The van der Waals surface area contributed by atoms with Gasteiger partial charge in [-0.25, -0.2) is 9.79 Å². The average molecular weight is 364 g/mol. The fraction of sp³-hybridized carbons (Fsp3) is 0.391. The lowest BCUT2D eigenvalue weighted by molar-refractivity contribution is 0.0472. The molecular formula is C23H28N2O2. The number of nitrogens with zero attached hydrogens (tertiary/aromatic N) is 2. The predicted molar refractivity (Wildman–Crippen MR) is 110 cm³/mol. The lowest BCUT2D eigenvalue weighted by Crippen LogP contribution is -2.28. The minimum absolute atomic E-state index is 0.284. The van der Waals surface area contributed by atoms with Crippen LogP contribution in [0.2, 0.25) is 0 Å². The number of carbonyl (C=O) groups excluding carboxylic acids is 1. The van der Waals surface area contributed by atoms with E-state index in [2.05, 4.69) is 9.89 Å². The van der Waals surface area contributed by atoms with Gasteiger partial charge in [-0.05, 0) is 68.9 Å². The molecule has 1 aliphatic rings. The molecule has 2 aromatic carbocycles. The normalized spacial score (nSPS) is 14.6. The summed E-state index contributed by atoms with van der Waals surface area (Å²) >= 11 is 0. The maximum atomic E-state index is 12.5. The molecule has 1 fully saturated rings.